The van der Waals surface area contributed by atoms with E-state index in [1.54, 1.807) is 0 Å². The Hall–Kier alpha value is -0.480. The van der Waals surface area contributed by atoms with Crippen molar-refractivity contribution in [2.75, 3.05) is 7.05 Å². The van der Waals surface area contributed by atoms with Crippen molar-refractivity contribution < 1.29 is 8.78 Å². The predicted molar refractivity (Wildman–Crippen MR) is 58.5 cm³/mol. The van der Waals surface area contributed by atoms with Gasteiger partial charge in [0, 0.05) is 18.2 Å². The van der Waals surface area contributed by atoms with E-state index < -0.39 is 5.82 Å². The lowest BCUT2D eigenvalue weighted by atomic mass is 10.2. The molecule has 1 aromatic rings. The molecule has 4 heteroatoms. The molecule has 0 saturated heterocycles. The maximum absolute atomic E-state index is 13.5. The predicted octanol–water partition coefficient (Wildman–Crippen LogP) is 3.32. The van der Waals surface area contributed by atoms with E-state index in [4.69, 9.17) is 0 Å². The van der Waals surface area contributed by atoms with E-state index in [0.717, 1.165) is 18.9 Å². The number of benzene rings is 1. The zero-order chi connectivity index (χ0) is 11.0. The van der Waals surface area contributed by atoms with Crippen LogP contribution in [0.1, 0.15) is 18.4 Å². The van der Waals surface area contributed by atoms with Crippen LogP contribution in [0.25, 0.3) is 0 Å². The third-order valence-electron chi connectivity index (χ3n) is 2.72. The van der Waals surface area contributed by atoms with Gasteiger partial charge in [0.05, 0.1) is 4.47 Å². The van der Waals surface area contributed by atoms with Crippen LogP contribution in [0.2, 0.25) is 0 Å². The number of hydrogen-bond donors (Lipinski definition) is 0. The van der Waals surface area contributed by atoms with Crippen LogP contribution in [0, 0.1) is 11.6 Å². The second-order valence-corrected chi connectivity index (χ2v) is 4.76. The topological polar surface area (TPSA) is 3.24 Å². The molecule has 1 saturated carbocycles. The van der Waals surface area contributed by atoms with E-state index in [0.29, 0.717) is 18.2 Å². The molecule has 0 N–H and O–H groups in total. The summed E-state index contributed by atoms with van der Waals surface area (Å²) < 4.78 is 26.9. The van der Waals surface area contributed by atoms with Crippen molar-refractivity contribution in [1.29, 1.82) is 0 Å². The highest BCUT2D eigenvalue weighted by atomic mass is 79.9. The van der Waals surface area contributed by atoms with Gasteiger partial charge in [-0.05, 0) is 48.0 Å². The summed E-state index contributed by atoms with van der Waals surface area (Å²) in [4.78, 5) is 2.06. The molecule has 0 aliphatic heterocycles. The van der Waals surface area contributed by atoms with Crippen LogP contribution in [0.3, 0.4) is 0 Å². The van der Waals surface area contributed by atoms with Gasteiger partial charge in [-0.1, -0.05) is 0 Å². The van der Waals surface area contributed by atoms with Crippen LogP contribution in [-0.2, 0) is 6.54 Å². The van der Waals surface area contributed by atoms with Crippen LogP contribution >= 0.6 is 15.9 Å². The zero-order valence-electron chi connectivity index (χ0n) is 8.43. The third-order valence-corrected chi connectivity index (χ3v) is 3.57. The van der Waals surface area contributed by atoms with Crippen LogP contribution < -0.4 is 0 Å². The van der Waals surface area contributed by atoms with Gasteiger partial charge in [0.25, 0.3) is 0 Å². The van der Waals surface area contributed by atoms with Gasteiger partial charge in [-0.2, -0.15) is 0 Å². The molecular formula is C11H12BrF2N. The Morgan fingerprint density at radius 2 is 1.93 bits per heavy atom. The molecule has 1 fully saturated rings. The fourth-order valence-electron chi connectivity index (χ4n) is 1.61. The molecule has 2 rings (SSSR count). The molecule has 15 heavy (non-hydrogen) atoms. The molecule has 0 aromatic heterocycles. The summed E-state index contributed by atoms with van der Waals surface area (Å²) in [6.07, 6.45) is 2.32. The molecule has 0 spiro atoms. The Balaban J connectivity index is 2.22. The van der Waals surface area contributed by atoms with Crippen LogP contribution in [0.5, 0.6) is 0 Å². The first kappa shape index (κ1) is 11.0. The standard InChI is InChI=1S/C11H12BrF2N/c1-15(7-2-3-7)6-8-9(13)4-5-10(14)11(8)12/h4-5,7H,2-3,6H2,1H3. The van der Waals surface area contributed by atoms with Crippen molar-refractivity contribution >= 4 is 15.9 Å². The van der Waals surface area contributed by atoms with Gasteiger partial charge in [-0.3, -0.25) is 4.90 Å². The van der Waals surface area contributed by atoms with E-state index in [9.17, 15) is 8.78 Å². The largest absolute Gasteiger partial charge is 0.299 e. The van der Waals surface area contributed by atoms with Crippen LogP contribution in [0.15, 0.2) is 16.6 Å². The molecular weight excluding hydrogens is 264 g/mol. The van der Waals surface area contributed by atoms with E-state index in [1.807, 2.05) is 7.05 Å². The molecule has 0 radical (unpaired) electrons. The summed E-state index contributed by atoms with van der Waals surface area (Å²) in [6.45, 7) is 0.453. The van der Waals surface area contributed by atoms with Crippen molar-refractivity contribution in [3.8, 4) is 0 Å². The molecule has 0 heterocycles. The lowest BCUT2D eigenvalue weighted by Crippen LogP contribution is -2.21. The maximum Gasteiger partial charge on any atom is 0.137 e. The molecule has 82 valence electrons. The van der Waals surface area contributed by atoms with E-state index in [-0.39, 0.29) is 10.3 Å². The second kappa shape index (κ2) is 4.18. The summed E-state index contributed by atoms with van der Waals surface area (Å²) in [5, 5.41) is 0. The first-order valence-corrected chi connectivity index (χ1v) is 5.71. The zero-order valence-corrected chi connectivity index (χ0v) is 10.0. The van der Waals surface area contributed by atoms with Crippen LogP contribution in [0.4, 0.5) is 8.78 Å². The molecule has 0 atom stereocenters. The minimum absolute atomic E-state index is 0.245. The number of rotatable bonds is 3. The van der Waals surface area contributed by atoms with Crippen molar-refractivity contribution in [2.45, 2.75) is 25.4 Å². The van der Waals surface area contributed by atoms with Gasteiger partial charge < -0.3 is 0 Å². The second-order valence-electron chi connectivity index (χ2n) is 3.97. The lowest BCUT2D eigenvalue weighted by Gasteiger charge is -2.17. The highest BCUT2D eigenvalue weighted by molar-refractivity contribution is 9.10. The van der Waals surface area contributed by atoms with Crippen molar-refractivity contribution in [3.63, 3.8) is 0 Å². The summed E-state index contributed by atoms with van der Waals surface area (Å²) in [6, 6.07) is 2.86. The minimum Gasteiger partial charge on any atom is -0.299 e. The van der Waals surface area contributed by atoms with Gasteiger partial charge in [-0.25, -0.2) is 8.78 Å². The van der Waals surface area contributed by atoms with Gasteiger partial charge in [0.15, 0.2) is 0 Å². The summed E-state index contributed by atoms with van der Waals surface area (Å²) in [5.41, 5.74) is 0.407. The number of nitrogens with zero attached hydrogens (tertiary/aromatic N) is 1. The van der Waals surface area contributed by atoms with Gasteiger partial charge >= 0.3 is 0 Å². The average Bonchev–Trinajstić information content (AvgIpc) is 3.02. The SMILES string of the molecule is CN(Cc1c(F)ccc(F)c1Br)C1CC1. The lowest BCUT2D eigenvalue weighted by molar-refractivity contribution is 0.309. The Labute approximate surface area is 96.2 Å². The number of halogens is 3. The number of hydrogen-bond acceptors (Lipinski definition) is 1. The van der Waals surface area contributed by atoms with Gasteiger partial charge in [0.1, 0.15) is 11.6 Å². The molecule has 1 nitrogen and oxygen atoms in total. The smallest absolute Gasteiger partial charge is 0.137 e. The monoisotopic (exact) mass is 275 g/mol. The maximum atomic E-state index is 13.5. The van der Waals surface area contributed by atoms with Crippen LogP contribution in [-0.4, -0.2) is 18.0 Å². The highest BCUT2D eigenvalue weighted by Crippen LogP contribution is 2.30. The highest BCUT2D eigenvalue weighted by Gasteiger charge is 2.27. The molecule has 1 aliphatic rings. The fourth-order valence-corrected chi connectivity index (χ4v) is 2.05. The molecule has 1 aromatic carbocycles. The Morgan fingerprint density at radius 3 is 2.53 bits per heavy atom. The van der Waals surface area contributed by atoms with E-state index >= 15 is 0 Å². The first-order valence-electron chi connectivity index (χ1n) is 4.92. The van der Waals surface area contributed by atoms with E-state index in [1.165, 1.54) is 6.07 Å². The van der Waals surface area contributed by atoms with Gasteiger partial charge in [-0.15, -0.1) is 0 Å². The van der Waals surface area contributed by atoms with Gasteiger partial charge in [0.2, 0.25) is 0 Å². The first-order chi connectivity index (χ1) is 7.09. The summed E-state index contributed by atoms with van der Waals surface area (Å²) in [5.74, 6) is -0.758. The van der Waals surface area contributed by atoms with Crippen molar-refractivity contribution in [1.82, 2.24) is 4.90 Å². The molecule has 1 aliphatic carbocycles. The van der Waals surface area contributed by atoms with E-state index in [2.05, 4.69) is 20.8 Å². The molecule has 0 amide bonds. The summed E-state index contributed by atoms with van der Waals surface area (Å²) in [7, 11) is 1.94. The average molecular weight is 276 g/mol. The Bertz CT molecular complexity index is 377. The minimum atomic E-state index is -0.407. The normalized spacial score (nSPS) is 16.1. The fraction of sp³-hybridized carbons (Fsp3) is 0.455. The molecule has 0 bridgehead atoms. The summed E-state index contributed by atoms with van der Waals surface area (Å²) >= 11 is 3.09. The molecule has 0 unspecified atom stereocenters. The Kier molecular flexibility index (Phi) is 3.07. The van der Waals surface area contributed by atoms with Crippen molar-refractivity contribution in [3.05, 3.63) is 33.8 Å². The third kappa shape index (κ3) is 2.37. The quantitative estimate of drug-likeness (QED) is 0.765. The van der Waals surface area contributed by atoms with Crippen molar-refractivity contribution in [2.24, 2.45) is 0 Å². The Morgan fingerprint density at radius 1 is 1.33 bits per heavy atom.